The van der Waals surface area contributed by atoms with Crippen molar-refractivity contribution in [3.63, 3.8) is 0 Å². The fourth-order valence-electron chi connectivity index (χ4n) is 3.08. The molecule has 0 saturated carbocycles. The SMILES string of the molecule is COCCCn1c(=O)[nH]c(=O)c2c(-c3ccc4c(c3)OCO4)ccnc21. The lowest BCUT2D eigenvalue weighted by molar-refractivity contribution is 0.174. The van der Waals surface area contributed by atoms with Crippen LogP contribution < -0.4 is 20.7 Å². The largest absolute Gasteiger partial charge is 0.454 e. The van der Waals surface area contributed by atoms with Crippen molar-refractivity contribution in [3.05, 3.63) is 51.3 Å². The molecule has 4 rings (SSSR count). The van der Waals surface area contributed by atoms with E-state index in [9.17, 15) is 9.59 Å². The molecule has 1 aliphatic heterocycles. The van der Waals surface area contributed by atoms with Gasteiger partial charge in [0.05, 0.1) is 5.39 Å². The van der Waals surface area contributed by atoms with Crippen molar-refractivity contribution in [2.75, 3.05) is 20.5 Å². The second-order valence-corrected chi connectivity index (χ2v) is 5.88. The van der Waals surface area contributed by atoms with E-state index >= 15 is 0 Å². The van der Waals surface area contributed by atoms with Gasteiger partial charge in [-0.25, -0.2) is 9.78 Å². The lowest BCUT2D eigenvalue weighted by Crippen LogP contribution is -2.31. The summed E-state index contributed by atoms with van der Waals surface area (Å²) in [4.78, 5) is 31.4. The number of fused-ring (bicyclic) bond motifs is 2. The summed E-state index contributed by atoms with van der Waals surface area (Å²) in [5.74, 6) is 1.29. The fraction of sp³-hybridized carbons (Fsp3) is 0.278. The summed E-state index contributed by atoms with van der Waals surface area (Å²) in [5.41, 5.74) is 0.872. The molecule has 1 N–H and O–H groups in total. The maximum atomic E-state index is 12.5. The first-order chi connectivity index (χ1) is 12.7. The summed E-state index contributed by atoms with van der Waals surface area (Å²) >= 11 is 0. The molecule has 1 aromatic carbocycles. The number of H-pyrrole nitrogens is 1. The molecule has 3 aromatic rings. The Kier molecular flexibility index (Phi) is 4.18. The van der Waals surface area contributed by atoms with E-state index in [2.05, 4.69) is 9.97 Å². The molecule has 134 valence electrons. The van der Waals surface area contributed by atoms with Gasteiger partial charge in [-0.3, -0.25) is 14.3 Å². The van der Waals surface area contributed by atoms with E-state index in [0.29, 0.717) is 47.7 Å². The lowest BCUT2D eigenvalue weighted by Gasteiger charge is -2.11. The van der Waals surface area contributed by atoms with Crippen molar-refractivity contribution in [1.29, 1.82) is 0 Å². The number of aryl methyl sites for hydroxylation is 1. The van der Waals surface area contributed by atoms with E-state index in [1.165, 1.54) is 4.57 Å². The summed E-state index contributed by atoms with van der Waals surface area (Å²) in [6, 6.07) is 7.21. The zero-order chi connectivity index (χ0) is 18.1. The first kappa shape index (κ1) is 16.3. The molecule has 8 heteroatoms. The molecule has 0 atom stereocenters. The number of nitrogens with one attached hydrogen (secondary N) is 1. The number of rotatable bonds is 5. The first-order valence-corrected chi connectivity index (χ1v) is 8.20. The van der Waals surface area contributed by atoms with Crippen molar-refractivity contribution in [1.82, 2.24) is 14.5 Å². The summed E-state index contributed by atoms with van der Waals surface area (Å²) in [5, 5.41) is 0.364. The highest BCUT2D eigenvalue weighted by molar-refractivity contribution is 5.92. The topological polar surface area (TPSA) is 95.4 Å². The van der Waals surface area contributed by atoms with Crippen LogP contribution in [0.15, 0.2) is 40.1 Å². The van der Waals surface area contributed by atoms with Gasteiger partial charge < -0.3 is 14.2 Å². The van der Waals surface area contributed by atoms with Gasteiger partial charge in [0.1, 0.15) is 5.65 Å². The van der Waals surface area contributed by atoms with E-state index < -0.39 is 11.2 Å². The summed E-state index contributed by atoms with van der Waals surface area (Å²) in [7, 11) is 1.60. The van der Waals surface area contributed by atoms with E-state index in [-0.39, 0.29) is 6.79 Å². The molecule has 3 heterocycles. The zero-order valence-electron chi connectivity index (χ0n) is 14.2. The van der Waals surface area contributed by atoms with E-state index in [1.54, 1.807) is 25.4 Å². The Balaban J connectivity index is 1.90. The first-order valence-electron chi connectivity index (χ1n) is 8.20. The average Bonchev–Trinajstić information content (AvgIpc) is 3.11. The van der Waals surface area contributed by atoms with Gasteiger partial charge in [-0.2, -0.15) is 0 Å². The molecule has 0 fully saturated rings. The Morgan fingerprint density at radius 3 is 2.92 bits per heavy atom. The number of ether oxygens (including phenoxy) is 3. The molecule has 2 aromatic heterocycles. The van der Waals surface area contributed by atoms with E-state index in [1.807, 2.05) is 12.1 Å². The number of hydrogen-bond donors (Lipinski definition) is 1. The summed E-state index contributed by atoms with van der Waals surface area (Å²) in [6.45, 7) is 1.09. The van der Waals surface area contributed by atoms with Crippen molar-refractivity contribution in [3.8, 4) is 22.6 Å². The van der Waals surface area contributed by atoms with Crippen LogP contribution in [-0.4, -0.2) is 35.0 Å². The predicted octanol–water partition coefficient (Wildman–Crippen LogP) is 1.52. The third kappa shape index (κ3) is 2.74. The maximum absolute atomic E-state index is 12.5. The van der Waals surface area contributed by atoms with Crippen LogP contribution in [0.25, 0.3) is 22.2 Å². The smallest absolute Gasteiger partial charge is 0.329 e. The second-order valence-electron chi connectivity index (χ2n) is 5.88. The minimum atomic E-state index is -0.478. The molecule has 8 nitrogen and oxygen atoms in total. The highest BCUT2D eigenvalue weighted by Crippen LogP contribution is 2.36. The second kappa shape index (κ2) is 6.64. The predicted molar refractivity (Wildman–Crippen MR) is 94.7 cm³/mol. The molecular formula is C18H17N3O5. The standard InChI is InChI=1S/C18H17N3O5/c1-24-8-2-7-21-16-15(17(22)20-18(21)23)12(5-6-19-16)11-3-4-13-14(9-11)26-10-25-13/h3-6,9H,2,7-8,10H2,1H3,(H,20,22,23). The third-order valence-corrected chi connectivity index (χ3v) is 4.29. The average molecular weight is 355 g/mol. The molecule has 0 spiro atoms. The minimum Gasteiger partial charge on any atom is -0.454 e. The van der Waals surface area contributed by atoms with Crippen LogP contribution in [0, 0.1) is 0 Å². The zero-order valence-corrected chi connectivity index (χ0v) is 14.2. The van der Waals surface area contributed by atoms with Gasteiger partial charge >= 0.3 is 5.69 Å². The van der Waals surface area contributed by atoms with E-state index in [4.69, 9.17) is 14.2 Å². The molecule has 1 aliphatic rings. The summed E-state index contributed by atoms with van der Waals surface area (Å²) in [6.07, 6.45) is 2.22. The van der Waals surface area contributed by atoms with E-state index in [0.717, 1.165) is 5.56 Å². The van der Waals surface area contributed by atoms with Gasteiger partial charge in [-0.1, -0.05) is 6.07 Å². The number of methoxy groups -OCH3 is 1. The van der Waals surface area contributed by atoms with Gasteiger partial charge in [0, 0.05) is 26.5 Å². The number of aromatic nitrogens is 3. The number of nitrogens with zero attached hydrogens (tertiary/aromatic N) is 2. The molecule has 0 unspecified atom stereocenters. The highest BCUT2D eigenvalue weighted by Gasteiger charge is 2.17. The quantitative estimate of drug-likeness (QED) is 0.697. The molecule has 0 amide bonds. The lowest BCUT2D eigenvalue weighted by atomic mass is 10.0. The van der Waals surface area contributed by atoms with Crippen LogP contribution in [0.3, 0.4) is 0 Å². The van der Waals surface area contributed by atoms with Crippen LogP contribution in [0.2, 0.25) is 0 Å². The number of aromatic amines is 1. The Hall–Kier alpha value is -3.13. The number of benzene rings is 1. The van der Waals surface area contributed by atoms with Crippen molar-refractivity contribution in [2.45, 2.75) is 13.0 Å². The van der Waals surface area contributed by atoms with Gasteiger partial charge in [0.2, 0.25) is 6.79 Å². The Bertz CT molecular complexity index is 1090. The number of hydrogen-bond acceptors (Lipinski definition) is 6. The van der Waals surface area contributed by atoms with Crippen LogP contribution in [0.4, 0.5) is 0 Å². The maximum Gasteiger partial charge on any atom is 0.329 e. The van der Waals surface area contributed by atoms with Crippen LogP contribution >= 0.6 is 0 Å². The van der Waals surface area contributed by atoms with Crippen molar-refractivity contribution >= 4 is 11.0 Å². The molecule has 26 heavy (non-hydrogen) atoms. The number of pyridine rings is 1. The molecule has 0 saturated heterocycles. The van der Waals surface area contributed by atoms with Crippen LogP contribution in [0.1, 0.15) is 6.42 Å². The van der Waals surface area contributed by atoms with Crippen LogP contribution in [0.5, 0.6) is 11.5 Å². The van der Waals surface area contributed by atoms with Crippen molar-refractivity contribution < 1.29 is 14.2 Å². The minimum absolute atomic E-state index is 0.176. The van der Waals surface area contributed by atoms with Gasteiger partial charge in [-0.15, -0.1) is 0 Å². The Morgan fingerprint density at radius 2 is 2.08 bits per heavy atom. The van der Waals surface area contributed by atoms with Gasteiger partial charge in [0.15, 0.2) is 11.5 Å². The van der Waals surface area contributed by atoms with Gasteiger partial charge in [-0.05, 0) is 35.7 Å². The Labute approximate surface area is 148 Å². The molecular weight excluding hydrogens is 338 g/mol. The van der Waals surface area contributed by atoms with Crippen LogP contribution in [-0.2, 0) is 11.3 Å². The van der Waals surface area contributed by atoms with Crippen molar-refractivity contribution in [2.24, 2.45) is 0 Å². The van der Waals surface area contributed by atoms with Gasteiger partial charge in [0.25, 0.3) is 5.56 Å². The monoisotopic (exact) mass is 355 g/mol. The summed E-state index contributed by atoms with van der Waals surface area (Å²) < 4.78 is 17.3. The third-order valence-electron chi connectivity index (χ3n) is 4.29. The molecule has 0 aliphatic carbocycles. The molecule has 0 bridgehead atoms. The molecule has 0 radical (unpaired) electrons. The normalized spacial score (nSPS) is 12.7. The Morgan fingerprint density at radius 1 is 1.23 bits per heavy atom. The highest BCUT2D eigenvalue weighted by atomic mass is 16.7. The fourth-order valence-corrected chi connectivity index (χ4v) is 3.08.